The standard InChI is InChI=1S/C22H28N2O5S/c1-24(15-16-30(27,28)29)22(26)23-21(25)17-20-13-11-19(12-14-20)10-6-5-9-18-7-3-2-4-8-18/h2-4,7-8,11-14H,5-6,9-10,15-17H2,1H3,(H,23,25,26)(H,27,28,29). The Morgan fingerprint density at radius 2 is 1.43 bits per heavy atom. The number of hydrogen-bond acceptors (Lipinski definition) is 4. The fourth-order valence-corrected chi connectivity index (χ4v) is 3.43. The molecule has 2 rings (SSSR count). The van der Waals surface area contributed by atoms with E-state index in [-0.39, 0.29) is 13.0 Å². The lowest BCUT2D eigenvalue weighted by molar-refractivity contribution is -0.119. The van der Waals surface area contributed by atoms with Gasteiger partial charge in [-0.3, -0.25) is 14.7 Å². The van der Waals surface area contributed by atoms with Crippen LogP contribution in [-0.4, -0.2) is 49.2 Å². The van der Waals surface area contributed by atoms with Crippen LogP contribution >= 0.6 is 0 Å². The highest BCUT2D eigenvalue weighted by Crippen LogP contribution is 2.11. The molecule has 0 saturated carbocycles. The molecule has 7 nitrogen and oxygen atoms in total. The Bertz CT molecular complexity index is 928. The van der Waals surface area contributed by atoms with E-state index in [1.165, 1.54) is 18.2 Å². The monoisotopic (exact) mass is 432 g/mol. The number of aryl methyl sites for hydroxylation is 2. The van der Waals surface area contributed by atoms with Gasteiger partial charge in [0.2, 0.25) is 5.91 Å². The molecule has 30 heavy (non-hydrogen) atoms. The van der Waals surface area contributed by atoms with Crippen LogP contribution in [0.3, 0.4) is 0 Å². The molecule has 0 radical (unpaired) electrons. The summed E-state index contributed by atoms with van der Waals surface area (Å²) in [6.07, 6.45) is 4.27. The first kappa shape index (κ1) is 23.6. The molecule has 2 N–H and O–H groups in total. The predicted molar refractivity (Wildman–Crippen MR) is 116 cm³/mol. The molecule has 0 spiro atoms. The number of unbranched alkanes of at least 4 members (excludes halogenated alkanes) is 1. The number of benzene rings is 2. The molecule has 0 saturated heterocycles. The van der Waals surface area contributed by atoms with Gasteiger partial charge in [-0.2, -0.15) is 8.42 Å². The van der Waals surface area contributed by atoms with Crippen LogP contribution in [0.2, 0.25) is 0 Å². The van der Waals surface area contributed by atoms with Crippen molar-refractivity contribution in [2.24, 2.45) is 0 Å². The predicted octanol–water partition coefficient (Wildman–Crippen LogP) is 2.85. The van der Waals surface area contributed by atoms with E-state index in [1.807, 2.05) is 30.3 Å². The van der Waals surface area contributed by atoms with Gasteiger partial charge in [0.1, 0.15) is 0 Å². The number of nitrogens with one attached hydrogen (secondary N) is 1. The lowest BCUT2D eigenvalue weighted by Gasteiger charge is -2.16. The first-order chi connectivity index (χ1) is 14.2. The Kier molecular flexibility index (Phi) is 9.01. The second-order valence-corrected chi connectivity index (χ2v) is 8.82. The zero-order chi connectivity index (χ0) is 22.0. The number of imide groups is 1. The maximum atomic E-state index is 12.0. The topological polar surface area (TPSA) is 104 Å². The molecule has 2 aromatic rings. The van der Waals surface area contributed by atoms with Gasteiger partial charge in [0.25, 0.3) is 10.1 Å². The second kappa shape index (κ2) is 11.5. The van der Waals surface area contributed by atoms with Crippen molar-refractivity contribution in [2.45, 2.75) is 32.1 Å². The molecule has 0 unspecified atom stereocenters. The first-order valence-corrected chi connectivity index (χ1v) is 11.5. The van der Waals surface area contributed by atoms with Crippen LogP contribution in [0, 0.1) is 0 Å². The van der Waals surface area contributed by atoms with Crippen LogP contribution in [0.25, 0.3) is 0 Å². The molecule has 0 atom stereocenters. The van der Waals surface area contributed by atoms with E-state index >= 15 is 0 Å². The highest BCUT2D eigenvalue weighted by molar-refractivity contribution is 7.85. The summed E-state index contributed by atoms with van der Waals surface area (Å²) in [6.45, 7) is -0.211. The maximum Gasteiger partial charge on any atom is 0.323 e. The third-order valence-corrected chi connectivity index (χ3v) is 5.39. The number of nitrogens with zero attached hydrogens (tertiary/aromatic N) is 1. The van der Waals surface area contributed by atoms with Gasteiger partial charge in [-0.1, -0.05) is 54.6 Å². The van der Waals surface area contributed by atoms with Crippen LogP contribution in [-0.2, 0) is 34.2 Å². The fourth-order valence-electron chi connectivity index (χ4n) is 2.92. The van der Waals surface area contributed by atoms with Crippen molar-refractivity contribution in [1.82, 2.24) is 10.2 Å². The Morgan fingerprint density at radius 3 is 2.00 bits per heavy atom. The molecule has 0 fully saturated rings. The molecule has 0 aliphatic heterocycles. The van der Waals surface area contributed by atoms with Gasteiger partial charge in [-0.15, -0.1) is 0 Å². The summed E-state index contributed by atoms with van der Waals surface area (Å²) in [7, 11) is -2.82. The highest BCUT2D eigenvalue weighted by atomic mass is 32.2. The number of rotatable bonds is 10. The number of urea groups is 1. The summed E-state index contributed by atoms with van der Waals surface area (Å²) < 4.78 is 30.2. The Balaban J connectivity index is 1.71. The molecular formula is C22H28N2O5S. The summed E-state index contributed by atoms with van der Waals surface area (Å²) in [5.74, 6) is -1.06. The molecule has 8 heteroatoms. The van der Waals surface area contributed by atoms with Crippen LogP contribution in [0.5, 0.6) is 0 Å². The smallest absolute Gasteiger partial charge is 0.323 e. The van der Waals surface area contributed by atoms with Gasteiger partial charge in [-0.25, -0.2) is 4.79 Å². The average Bonchev–Trinajstić information content (AvgIpc) is 2.70. The van der Waals surface area contributed by atoms with Crippen molar-refractivity contribution in [3.63, 3.8) is 0 Å². The summed E-state index contributed by atoms with van der Waals surface area (Å²) in [4.78, 5) is 24.9. The zero-order valence-electron chi connectivity index (χ0n) is 17.1. The quantitative estimate of drug-likeness (QED) is 0.444. The number of carbonyl (C=O) groups excluding carboxylic acids is 2. The van der Waals surface area contributed by atoms with E-state index in [9.17, 15) is 18.0 Å². The number of hydrogen-bond donors (Lipinski definition) is 2. The minimum atomic E-state index is -4.16. The van der Waals surface area contributed by atoms with E-state index in [1.54, 1.807) is 0 Å². The van der Waals surface area contributed by atoms with E-state index in [0.717, 1.165) is 36.1 Å². The van der Waals surface area contributed by atoms with Crippen LogP contribution in [0.1, 0.15) is 29.5 Å². The second-order valence-electron chi connectivity index (χ2n) is 7.25. The minimum Gasteiger partial charge on any atom is -0.326 e. The van der Waals surface area contributed by atoms with Gasteiger partial charge >= 0.3 is 6.03 Å². The van der Waals surface area contributed by atoms with Gasteiger partial charge < -0.3 is 4.90 Å². The molecule has 0 bridgehead atoms. The van der Waals surface area contributed by atoms with E-state index in [0.29, 0.717) is 0 Å². The minimum absolute atomic E-state index is 0.0478. The van der Waals surface area contributed by atoms with Crippen LogP contribution in [0.15, 0.2) is 54.6 Å². The maximum absolute atomic E-state index is 12.0. The van der Waals surface area contributed by atoms with E-state index in [2.05, 4.69) is 29.6 Å². The fraction of sp³-hybridized carbons (Fsp3) is 0.364. The van der Waals surface area contributed by atoms with Gasteiger partial charge in [0.15, 0.2) is 0 Å². The third kappa shape index (κ3) is 9.19. The molecule has 2 aromatic carbocycles. The molecule has 0 heterocycles. The van der Waals surface area contributed by atoms with Gasteiger partial charge in [0.05, 0.1) is 12.2 Å². The average molecular weight is 433 g/mol. The molecule has 3 amide bonds. The van der Waals surface area contributed by atoms with Crippen LogP contribution in [0.4, 0.5) is 4.79 Å². The summed E-state index contributed by atoms with van der Waals surface area (Å²) in [5, 5.41) is 2.21. The van der Waals surface area contributed by atoms with Crippen molar-refractivity contribution in [3.8, 4) is 0 Å². The van der Waals surface area contributed by atoms with Crippen molar-refractivity contribution >= 4 is 22.1 Å². The molecule has 0 aromatic heterocycles. The summed E-state index contributed by atoms with van der Waals surface area (Å²) in [6, 6.07) is 17.4. The lowest BCUT2D eigenvalue weighted by atomic mass is 10.0. The Labute approximate surface area is 177 Å². The normalized spacial score (nSPS) is 11.1. The summed E-state index contributed by atoms with van der Waals surface area (Å²) >= 11 is 0. The molecule has 0 aliphatic carbocycles. The van der Waals surface area contributed by atoms with Crippen molar-refractivity contribution in [3.05, 3.63) is 71.3 Å². The molecule has 0 aliphatic rings. The van der Waals surface area contributed by atoms with Gasteiger partial charge in [-0.05, 0) is 42.4 Å². The van der Waals surface area contributed by atoms with Crippen molar-refractivity contribution in [1.29, 1.82) is 0 Å². The van der Waals surface area contributed by atoms with Crippen molar-refractivity contribution in [2.75, 3.05) is 19.3 Å². The van der Waals surface area contributed by atoms with Gasteiger partial charge in [0, 0.05) is 13.6 Å². The SMILES string of the molecule is CN(CCS(=O)(=O)O)C(=O)NC(=O)Cc1ccc(CCCCc2ccccc2)cc1. The highest BCUT2D eigenvalue weighted by Gasteiger charge is 2.15. The third-order valence-electron chi connectivity index (χ3n) is 4.69. The van der Waals surface area contributed by atoms with E-state index in [4.69, 9.17) is 4.55 Å². The zero-order valence-corrected chi connectivity index (χ0v) is 17.9. The largest absolute Gasteiger partial charge is 0.326 e. The van der Waals surface area contributed by atoms with Crippen molar-refractivity contribution < 1.29 is 22.6 Å². The molecular weight excluding hydrogens is 404 g/mol. The lowest BCUT2D eigenvalue weighted by Crippen LogP contribution is -2.43. The van der Waals surface area contributed by atoms with E-state index < -0.39 is 27.8 Å². The Morgan fingerprint density at radius 1 is 0.900 bits per heavy atom. The molecule has 162 valence electrons. The Hall–Kier alpha value is -2.71. The number of amides is 3. The number of carbonyl (C=O) groups is 2. The first-order valence-electron chi connectivity index (χ1n) is 9.85. The summed E-state index contributed by atoms with van der Waals surface area (Å²) in [5.41, 5.74) is 3.33. The van der Waals surface area contributed by atoms with Crippen LogP contribution < -0.4 is 5.32 Å².